The number of thiocarbonyl (C=S) groups is 6. The summed E-state index contributed by atoms with van der Waals surface area (Å²) in [5.74, 6) is 0. The van der Waals surface area contributed by atoms with Gasteiger partial charge >= 0.3 is 10.4 Å². The van der Waals surface area contributed by atoms with Crippen molar-refractivity contribution >= 4 is 273 Å². The van der Waals surface area contributed by atoms with Crippen LogP contribution in [0.5, 0.6) is 0 Å². The summed E-state index contributed by atoms with van der Waals surface area (Å²) in [4.78, 5) is 0. The number of halogens is 6. The molecule has 0 aliphatic heterocycles. The molecule has 0 spiro atoms. The zero-order valence-corrected chi connectivity index (χ0v) is 40.2. The van der Waals surface area contributed by atoms with Crippen LogP contribution in [0.2, 0.25) is 0 Å². The summed E-state index contributed by atoms with van der Waals surface area (Å²) in [5.41, 5.74) is 0. The van der Waals surface area contributed by atoms with Crippen LogP contribution in [0.25, 0.3) is 0 Å². The zero-order chi connectivity index (χ0) is 32.9. The van der Waals surface area contributed by atoms with Gasteiger partial charge in [-0.2, -0.15) is 19.8 Å². The molecule has 0 saturated carbocycles. The van der Waals surface area contributed by atoms with Crippen molar-refractivity contribution in [2.45, 2.75) is 0 Å². The maximum absolute atomic E-state index is 9.51. The predicted molar refractivity (Wildman–Crippen MR) is 250 cm³/mol. The van der Waals surface area contributed by atoms with Crippen molar-refractivity contribution in [1.82, 2.24) is 31.9 Å². The fourth-order valence-electron chi connectivity index (χ4n) is 1.02. The highest BCUT2D eigenvalue weighted by molar-refractivity contribution is 8.25. The van der Waals surface area contributed by atoms with Gasteiger partial charge in [0.2, 0.25) is 0 Å². The third-order valence-corrected chi connectivity index (χ3v) is 3.85. The Morgan fingerprint density at radius 1 is 0.405 bits per heavy atom. The van der Waals surface area contributed by atoms with Crippen LogP contribution < -0.4 is 31.9 Å². The molecule has 2 unspecified atom stereocenters. The molecule has 0 aliphatic carbocycles. The summed E-state index contributed by atoms with van der Waals surface area (Å²) in [7, 11) is 0. The van der Waals surface area contributed by atoms with E-state index < -0.39 is 10.4 Å². The highest BCUT2D eigenvalue weighted by Crippen LogP contribution is 2.61. The van der Waals surface area contributed by atoms with Crippen molar-refractivity contribution < 1.29 is 9.13 Å². The van der Waals surface area contributed by atoms with E-state index in [2.05, 4.69) is 248 Å². The Hall–Kier alpha value is 4.50. The van der Waals surface area contributed by atoms with Crippen LogP contribution in [0.4, 0.5) is 0 Å². The molecule has 8 nitrogen and oxygen atoms in total. The van der Waals surface area contributed by atoms with E-state index in [1.165, 1.54) is 0 Å². The standard InChI is InChI=1S/3C4H8N2S4.2Cl3OP.2H3P/c3*7-3(8)5-1-2-6-4(9)10;2*1-5(2,3)4;;/h3*1-2H2,(H2,5,7,8)(H2,6,9,10);;;2*1H3. The third-order valence-electron chi connectivity index (χ3n) is 2.03. The minimum atomic E-state index is -3.22. The molecule has 0 aromatic rings. The Morgan fingerprint density at radius 3 is 0.524 bits per heavy atom. The first-order valence-electron chi connectivity index (χ1n) is 9.07. The van der Waals surface area contributed by atoms with Crippen LogP contribution in [0.1, 0.15) is 0 Å². The van der Waals surface area contributed by atoms with Gasteiger partial charge < -0.3 is 31.9 Å². The topological polar surface area (TPSA) is 106 Å². The van der Waals surface area contributed by atoms with Gasteiger partial charge in [-0.3, -0.25) is 9.13 Å². The Labute approximate surface area is 348 Å². The van der Waals surface area contributed by atoms with Gasteiger partial charge in [-0.05, 0) is 67.4 Å². The Morgan fingerprint density at radius 2 is 0.476 bits per heavy atom. The van der Waals surface area contributed by atoms with Crippen LogP contribution in [0.15, 0.2) is 0 Å². The molecular formula is C12H30Cl6N6O2P4S12. The SMILES string of the molecule is O=P(Cl)(Cl)Cl.O=P(Cl)(Cl)Cl.P.P.S=C(S)NCCNC(=S)S.S=C(S)NCCNC(=S)S.S=C(S)NCCNC(=S)S. The Balaban J connectivity index is -0.0000000742. The number of thiol groups is 6. The fourth-order valence-corrected chi connectivity index (χ4v) is 2.30. The van der Waals surface area contributed by atoms with E-state index in [0.29, 0.717) is 65.2 Å². The van der Waals surface area contributed by atoms with E-state index in [1.54, 1.807) is 0 Å². The van der Waals surface area contributed by atoms with Gasteiger partial charge in [0, 0.05) is 39.3 Å². The van der Waals surface area contributed by atoms with Gasteiger partial charge in [-0.25, -0.2) is 0 Å². The van der Waals surface area contributed by atoms with Crippen LogP contribution in [-0.4, -0.2) is 65.2 Å². The molecule has 42 heavy (non-hydrogen) atoms. The lowest BCUT2D eigenvalue weighted by molar-refractivity contribution is 0.599. The molecule has 0 aromatic carbocycles. The summed E-state index contributed by atoms with van der Waals surface area (Å²) in [6.07, 6.45) is 0. The summed E-state index contributed by atoms with van der Waals surface area (Å²) in [6.45, 7) is 4.27. The summed E-state index contributed by atoms with van der Waals surface area (Å²) in [6, 6.07) is 0. The molecule has 0 heterocycles. The Bertz CT molecular complexity index is 719. The maximum Gasteiger partial charge on any atom is 0.339 e. The van der Waals surface area contributed by atoms with E-state index >= 15 is 0 Å². The lowest BCUT2D eigenvalue weighted by Crippen LogP contribution is -2.29. The molecule has 0 aliphatic rings. The molecule has 0 aromatic heterocycles. The minimum Gasteiger partial charge on any atom is -0.369 e. The zero-order valence-electron chi connectivity index (χ0n) is 20.8. The second-order valence-corrected chi connectivity index (χ2v) is 25.4. The number of nitrogens with one attached hydrogen (secondary N) is 6. The second-order valence-electron chi connectivity index (χ2n) is 5.19. The Kier molecular flexibility index (Phi) is 61.2. The normalized spacial score (nSPS) is 8.95. The molecule has 0 bridgehead atoms. The molecular weight excluding hydrogens is 982 g/mol. The van der Waals surface area contributed by atoms with E-state index in [9.17, 15) is 9.13 Å². The molecule has 0 rings (SSSR count). The van der Waals surface area contributed by atoms with E-state index in [-0.39, 0.29) is 19.8 Å². The van der Waals surface area contributed by atoms with Gasteiger partial charge in [-0.15, -0.1) is 75.8 Å². The number of hydrogen-bond acceptors (Lipinski definition) is 8. The van der Waals surface area contributed by atoms with Gasteiger partial charge in [0.25, 0.3) is 0 Å². The predicted octanol–water partition coefficient (Wildman–Crippen LogP) is 7.52. The smallest absolute Gasteiger partial charge is 0.339 e. The van der Waals surface area contributed by atoms with Crippen LogP contribution in [-0.2, 0) is 9.13 Å². The van der Waals surface area contributed by atoms with Crippen molar-refractivity contribution in [2.24, 2.45) is 0 Å². The molecule has 0 saturated heterocycles. The van der Waals surface area contributed by atoms with Crippen molar-refractivity contribution in [2.75, 3.05) is 39.3 Å². The van der Waals surface area contributed by atoms with E-state index in [0.717, 1.165) is 0 Å². The third kappa shape index (κ3) is 129. The van der Waals surface area contributed by atoms with Crippen molar-refractivity contribution in [3.63, 3.8) is 0 Å². The second kappa shape index (κ2) is 41.7. The molecule has 30 heteroatoms. The van der Waals surface area contributed by atoms with E-state index in [1.807, 2.05) is 0 Å². The van der Waals surface area contributed by atoms with Gasteiger partial charge in [0.15, 0.2) is 0 Å². The van der Waals surface area contributed by atoms with Crippen LogP contribution in [0, 0.1) is 0 Å². The first-order chi connectivity index (χ1) is 17.9. The summed E-state index contributed by atoms with van der Waals surface area (Å²) >= 11 is 78.8. The molecule has 2 atom stereocenters. The van der Waals surface area contributed by atoms with Crippen molar-refractivity contribution in [3.8, 4) is 0 Å². The lowest BCUT2D eigenvalue weighted by atomic mass is 10.6. The lowest BCUT2D eigenvalue weighted by Gasteiger charge is -2.03. The quantitative estimate of drug-likeness (QED) is 0.0485. The number of rotatable bonds is 9. The highest BCUT2D eigenvalue weighted by atomic mass is 36.1. The number of hydrogen-bond donors (Lipinski definition) is 12. The first-order valence-corrected chi connectivity index (χ1v) is 23.0. The van der Waals surface area contributed by atoms with Gasteiger partial charge in [-0.1, -0.05) is 73.3 Å². The molecule has 0 fully saturated rings. The van der Waals surface area contributed by atoms with Gasteiger partial charge in [0.1, 0.15) is 25.9 Å². The summed E-state index contributed by atoms with van der Waals surface area (Å²) < 4.78 is 22.0. The van der Waals surface area contributed by atoms with Gasteiger partial charge in [0.05, 0.1) is 0 Å². The molecule has 6 N–H and O–H groups in total. The van der Waals surface area contributed by atoms with Crippen molar-refractivity contribution in [3.05, 3.63) is 0 Å². The van der Waals surface area contributed by atoms with Crippen LogP contribution >= 0.6 is 247 Å². The average Bonchev–Trinajstić information content (AvgIpc) is 2.70. The fraction of sp³-hybridized carbons (Fsp3) is 0.500. The maximum atomic E-state index is 9.51. The largest absolute Gasteiger partial charge is 0.369 e. The molecule has 254 valence electrons. The van der Waals surface area contributed by atoms with Crippen LogP contribution in [0.3, 0.4) is 0 Å². The minimum absolute atomic E-state index is 0. The molecule has 0 amide bonds. The monoisotopic (exact) mass is 1010 g/mol. The molecule has 0 radical (unpaired) electrons. The van der Waals surface area contributed by atoms with E-state index in [4.69, 9.17) is 0 Å². The summed E-state index contributed by atoms with van der Waals surface area (Å²) in [5, 5.41) is 10.6. The van der Waals surface area contributed by atoms with Crippen molar-refractivity contribution in [1.29, 1.82) is 0 Å². The highest BCUT2D eigenvalue weighted by Gasteiger charge is 2.03. The first kappa shape index (κ1) is 61.7. The average molecular weight is 1010 g/mol.